The molecule has 0 bridgehead atoms. The highest BCUT2D eigenvalue weighted by atomic mass is 19.4. The van der Waals surface area contributed by atoms with Gasteiger partial charge in [0.25, 0.3) is 0 Å². The van der Waals surface area contributed by atoms with Gasteiger partial charge < -0.3 is 5.73 Å². The maximum absolute atomic E-state index is 12.8. The number of hydrogen-bond donors (Lipinski definition) is 1. The van der Waals surface area contributed by atoms with Crippen LogP contribution in [-0.4, -0.2) is 12.7 Å². The Labute approximate surface area is 120 Å². The fourth-order valence-electron chi connectivity index (χ4n) is 4.26. The molecule has 0 aromatic carbocycles. The molecule has 2 fully saturated rings. The van der Waals surface area contributed by atoms with E-state index in [4.69, 9.17) is 5.73 Å². The topological polar surface area (TPSA) is 26.0 Å². The third kappa shape index (κ3) is 4.64. The van der Waals surface area contributed by atoms with Gasteiger partial charge in [-0.05, 0) is 50.0 Å². The molecule has 118 valence electrons. The minimum absolute atomic E-state index is 0.309. The Morgan fingerprint density at radius 2 is 1.40 bits per heavy atom. The van der Waals surface area contributed by atoms with E-state index in [0.717, 1.165) is 50.5 Å². The highest BCUT2D eigenvalue weighted by molar-refractivity contribution is 4.80. The van der Waals surface area contributed by atoms with Crippen molar-refractivity contribution in [1.82, 2.24) is 0 Å². The van der Waals surface area contributed by atoms with Crippen LogP contribution in [0, 0.1) is 23.7 Å². The molecule has 2 saturated carbocycles. The quantitative estimate of drug-likeness (QED) is 0.766. The summed E-state index contributed by atoms with van der Waals surface area (Å²) in [4.78, 5) is 0. The van der Waals surface area contributed by atoms with Crippen molar-refractivity contribution in [2.24, 2.45) is 29.4 Å². The second kappa shape index (κ2) is 7.15. The van der Waals surface area contributed by atoms with E-state index in [1.807, 2.05) is 0 Å². The maximum atomic E-state index is 12.8. The number of rotatable bonds is 5. The fraction of sp³-hybridized carbons (Fsp3) is 1.00. The van der Waals surface area contributed by atoms with Crippen LogP contribution in [0.15, 0.2) is 0 Å². The van der Waals surface area contributed by atoms with Gasteiger partial charge in [0.05, 0.1) is 5.92 Å². The molecule has 1 nitrogen and oxygen atoms in total. The first-order chi connectivity index (χ1) is 9.49. The van der Waals surface area contributed by atoms with Gasteiger partial charge in [-0.1, -0.05) is 38.5 Å². The van der Waals surface area contributed by atoms with Gasteiger partial charge >= 0.3 is 6.18 Å². The van der Waals surface area contributed by atoms with Gasteiger partial charge in [-0.15, -0.1) is 0 Å². The Balaban J connectivity index is 1.69. The molecule has 0 aliphatic heterocycles. The van der Waals surface area contributed by atoms with Crippen molar-refractivity contribution in [3.63, 3.8) is 0 Å². The molecular formula is C16H28F3N. The van der Waals surface area contributed by atoms with Gasteiger partial charge in [0.2, 0.25) is 0 Å². The Morgan fingerprint density at radius 1 is 0.800 bits per heavy atom. The number of hydrogen-bond acceptors (Lipinski definition) is 1. The van der Waals surface area contributed by atoms with Crippen LogP contribution in [0.5, 0.6) is 0 Å². The lowest BCUT2D eigenvalue weighted by Gasteiger charge is -2.31. The molecule has 0 spiro atoms. The smallest absolute Gasteiger partial charge is 0.330 e. The number of halogens is 3. The van der Waals surface area contributed by atoms with Crippen molar-refractivity contribution in [1.29, 1.82) is 0 Å². The van der Waals surface area contributed by atoms with Gasteiger partial charge in [0, 0.05) is 0 Å². The zero-order valence-corrected chi connectivity index (χ0v) is 12.3. The van der Waals surface area contributed by atoms with Gasteiger partial charge in [0.15, 0.2) is 0 Å². The van der Waals surface area contributed by atoms with Crippen LogP contribution in [0.2, 0.25) is 0 Å². The molecule has 2 aliphatic rings. The van der Waals surface area contributed by atoms with Crippen LogP contribution in [0.3, 0.4) is 0 Å². The molecular weight excluding hydrogens is 263 g/mol. The summed E-state index contributed by atoms with van der Waals surface area (Å²) < 4.78 is 38.3. The van der Waals surface area contributed by atoms with Crippen molar-refractivity contribution in [3.05, 3.63) is 0 Å². The summed E-state index contributed by atoms with van der Waals surface area (Å²) in [6.45, 7) is 0.771. The SMILES string of the molecule is NCCC1CCC(CCC2CCCC(C(F)(F)F)C2)C1. The average molecular weight is 291 g/mol. The largest absolute Gasteiger partial charge is 0.391 e. The second-order valence-electron chi connectivity index (χ2n) is 6.97. The highest BCUT2D eigenvalue weighted by Gasteiger charge is 2.42. The van der Waals surface area contributed by atoms with Crippen molar-refractivity contribution in [2.45, 2.75) is 70.4 Å². The lowest BCUT2D eigenvalue weighted by molar-refractivity contribution is -0.186. The first-order valence-electron chi connectivity index (χ1n) is 8.25. The molecule has 2 aliphatic carbocycles. The highest BCUT2D eigenvalue weighted by Crippen LogP contribution is 2.43. The zero-order valence-electron chi connectivity index (χ0n) is 12.3. The molecule has 2 N–H and O–H groups in total. The second-order valence-corrected chi connectivity index (χ2v) is 6.97. The van der Waals surface area contributed by atoms with E-state index in [1.54, 1.807) is 0 Å². The van der Waals surface area contributed by atoms with E-state index in [9.17, 15) is 13.2 Å². The van der Waals surface area contributed by atoms with Crippen molar-refractivity contribution in [3.8, 4) is 0 Å². The molecule has 0 heterocycles. The van der Waals surface area contributed by atoms with Crippen molar-refractivity contribution in [2.75, 3.05) is 6.54 Å². The molecule has 0 radical (unpaired) electrons. The molecule has 4 heteroatoms. The lowest BCUT2D eigenvalue weighted by atomic mass is 9.78. The van der Waals surface area contributed by atoms with Crippen molar-refractivity contribution < 1.29 is 13.2 Å². The van der Waals surface area contributed by atoms with Crippen LogP contribution in [0.25, 0.3) is 0 Å². The van der Waals surface area contributed by atoms with E-state index in [2.05, 4.69) is 0 Å². The third-order valence-electron chi connectivity index (χ3n) is 5.45. The summed E-state index contributed by atoms with van der Waals surface area (Å²) in [7, 11) is 0. The monoisotopic (exact) mass is 291 g/mol. The normalized spacial score (nSPS) is 35.4. The average Bonchev–Trinajstić information content (AvgIpc) is 2.84. The maximum Gasteiger partial charge on any atom is 0.391 e. The van der Waals surface area contributed by atoms with Crippen LogP contribution in [0.4, 0.5) is 13.2 Å². The van der Waals surface area contributed by atoms with E-state index in [-0.39, 0.29) is 0 Å². The molecule has 20 heavy (non-hydrogen) atoms. The summed E-state index contributed by atoms with van der Waals surface area (Å²) in [5.41, 5.74) is 5.59. The fourth-order valence-corrected chi connectivity index (χ4v) is 4.26. The van der Waals surface area contributed by atoms with E-state index >= 15 is 0 Å². The molecule has 2 rings (SSSR count). The first-order valence-corrected chi connectivity index (χ1v) is 8.25. The lowest BCUT2D eigenvalue weighted by Crippen LogP contribution is -2.28. The van der Waals surface area contributed by atoms with Crippen LogP contribution in [0.1, 0.15) is 64.2 Å². The first kappa shape index (κ1) is 16.1. The molecule has 0 amide bonds. The Hall–Kier alpha value is -0.250. The van der Waals surface area contributed by atoms with E-state index < -0.39 is 12.1 Å². The minimum atomic E-state index is -3.97. The molecule has 0 aromatic rings. The van der Waals surface area contributed by atoms with Crippen LogP contribution >= 0.6 is 0 Å². The van der Waals surface area contributed by atoms with Crippen LogP contribution < -0.4 is 5.73 Å². The van der Waals surface area contributed by atoms with Gasteiger partial charge in [-0.3, -0.25) is 0 Å². The van der Waals surface area contributed by atoms with Gasteiger partial charge in [-0.25, -0.2) is 0 Å². The molecule has 0 aromatic heterocycles. The predicted octanol–water partition coefficient (Wildman–Crippen LogP) is 4.90. The van der Waals surface area contributed by atoms with Gasteiger partial charge in [0.1, 0.15) is 0 Å². The van der Waals surface area contributed by atoms with E-state index in [0.29, 0.717) is 18.8 Å². The van der Waals surface area contributed by atoms with E-state index in [1.165, 1.54) is 19.3 Å². The standard InChI is InChI=1S/C16H28F3N/c17-16(18,19)15-3-1-2-12(11-15)4-5-13-6-7-14(10-13)8-9-20/h12-15H,1-11,20H2. The molecule has 4 atom stereocenters. The summed E-state index contributed by atoms with van der Waals surface area (Å²) in [5.74, 6) is 0.802. The minimum Gasteiger partial charge on any atom is -0.330 e. The number of alkyl halides is 3. The van der Waals surface area contributed by atoms with Crippen molar-refractivity contribution >= 4 is 0 Å². The number of nitrogens with two attached hydrogens (primary N) is 1. The zero-order chi connectivity index (χ0) is 14.6. The molecule has 0 saturated heterocycles. The Bertz CT molecular complexity index is 290. The predicted molar refractivity (Wildman–Crippen MR) is 75.2 cm³/mol. The summed E-state index contributed by atoms with van der Waals surface area (Å²) in [6, 6.07) is 0. The Kier molecular flexibility index (Phi) is 5.76. The Morgan fingerprint density at radius 3 is 2.00 bits per heavy atom. The van der Waals surface area contributed by atoms with Gasteiger partial charge in [-0.2, -0.15) is 13.2 Å². The summed E-state index contributed by atoms with van der Waals surface area (Å²) in [5, 5.41) is 0. The molecule has 4 unspecified atom stereocenters. The summed E-state index contributed by atoms with van der Waals surface area (Å²) in [6.07, 6.45) is 5.58. The third-order valence-corrected chi connectivity index (χ3v) is 5.45. The summed E-state index contributed by atoms with van der Waals surface area (Å²) >= 11 is 0. The van der Waals surface area contributed by atoms with Crippen LogP contribution in [-0.2, 0) is 0 Å².